The smallest absolute Gasteiger partial charge is 0.306 e. The van der Waals surface area contributed by atoms with E-state index in [9.17, 15) is 38.3 Å². The van der Waals surface area contributed by atoms with Gasteiger partial charge in [0.15, 0.2) is 5.78 Å². The summed E-state index contributed by atoms with van der Waals surface area (Å²) in [7, 11) is 0. The van der Waals surface area contributed by atoms with Crippen molar-refractivity contribution in [3.05, 3.63) is 47.8 Å². The van der Waals surface area contributed by atoms with Gasteiger partial charge in [0.1, 0.15) is 23.9 Å². The van der Waals surface area contributed by atoms with Gasteiger partial charge in [-0.15, -0.1) is 0 Å². The molecule has 0 spiro atoms. The molecule has 0 bridgehead atoms. The lowest BCUT2D eigenvalue weighted by molar-refractivity contribution is -0.144. The number of hydrogen-bond acceptors (Lipinski definition) is 9. The third kappa shape index (κ3) is 15.7. The van der Waals surface area contributed by atoms with E-state index < -0.39 is 77.3 Å². The minimum absolute atomic E-state index is 0.00513. The summed E-state index contributed by atoms with van der Waals surface area (Å²) < 4.78 is 13.7. The van der Waals surface area contributed by atoms with Crippen molar-refractivity contribution in [3.63, 3.8) is 0 Å². The van der Waals surface area contributed by atoms with E-state index in [1.807, 2.05) is 13.8 Å². The molecular formula is C36H56FN7O7. The Morgan fingerprint density at radius 3 is 1.96 bits per heavy atom. The highest BCUT2D eigenvalue weighted by Crippen LogP contribution is 2.19. The predicted octanol–water partition coefficient (Wildman–Crippen LogP) is 0.949. The predicted molar refractivity (Wildman–Crippen MR) is 190 cm³/mol. The van der Waals surface area contributed by atoms with E-state index in [1.165, 1.54) is 24.3 Å². The molecule has 6 atom stereocenters. The van der Waals surface area contributed by atoms with Crippen LogP contribution in [0.2, 0.25) is 0 Å². The van der Waals surface area contributed by atoms with Crippen molar-refractivity contribution in [2.24, 2.45) is 29.0 Å². The van der Waals surface area contributed by atoms with Crippen molar-refractivity contribution in [2.75, 3.05) is 13.1 Å². The Balaban J connectivity index is 2.43. The van der Waals surface area contributed by atoms with Gasteiger partial charge in [0.05, 0.1) is 18.0 Å². The lowest BCUT2D eigenvalue weighted by Crippen LogP contribution is -2.58. The van der Waals surface area contributed by atoms with Gasteiger partial charge >= 0.3 is 5.97 Å². The summed E-state index contributed by atoms with van der Waals surface area (Å²) in [6.07, 6.45) is 5.71. The van der Waals surface area contributed by atoms with Crippen LogP contribution < -0.4 is 38.5 Å². The van der Waals surface area contributed by atoms with Crippen LogP contribution in [0.5, 0.6) is 0 Å². The first-order valence-corrected chi connectivity index (χ1v) is 17.8. The number of nitrogens with two attached hydrogens (primary N) is 3. The number of hydrogen-bond donors (Lipinski definition) is 8. The van der Waals surface area contributed by atoms with E-state index in [1.54, 1.807) is 12.2 Å². The molecule has 0 fully saturated rings. The van der Waals surface area contributed by atoms with E-state index in [0.717, 1.165) is 0 Å². The molecule has 1 aromatic rings. The average Bonchev–Trinajstić information content (AvgIpc) is 3.08. The fourth-order valence-corrected chi connectivity index (χ4v) is 5.76. The van der Waals surface area contributed by atoms with Gasteiger partial charge in [0.2, 0.25) is 23.6 Å². The van der Waals surface area contributed by atoms with Crippen LogP contribution in [0.25, 0.3) is 0 Å². The summed E-state index contributed by atoms with van der Waals surface area (Å²) in [5.41, 5.74) is 17.9. The molecule has 1 aromatic carbocycles. The maximum Gasteiger partial charge on any atom is 0.306 e. The van der Waals surface area contributed by atoms with E-state index in [0.29, 0.717) is 44.3 Å². The molecular weight excluding hydrogens is 661 g/mol. The second-order valence-corrected chi connectivity index (χ2v) is 13.5. The fraction of sp³-hybridized carbons (Fsp3) is 0.611. The third-order valence-electron chi connectivity index (χ3n) is 8.67. The van der Waals surface area contributed by atoms with Crippen LogP contribution in [0.1, 0.15) is 83.6 Å². The summed E-state index contributed by atoms with van der Waals surface area (Å²) in [4.78, 5) is 79.6. The molecule has 11 N–H and O–H groups in total. The van der Waals surface area contributed by atoms with Crippen LogP contribution in [0, 0.1) is 17.7 Å². The molecule has 0 saturated carbocycles. The summed E-state index contributed by atoms with van der Waals surface area (Å²) >= 11 is 0. The second kappa shape index (κ2) is 22.6. The number of rotatable bonds is 18. The maximum absolute atomic E-state index is 13.9. The number of amides is 4. The molecule has 14 nitrogen and oxygen atoms in total. The van der Waals surface area contributed by atoms with Crippen molar-refractivity contribution in [3.8, 4) is 0 Å². The Bertz CT molecular complexity index is 1340. The molecule has 51 heavy (non-hydrogen) atoms. The monoisotopic (exact) mass is 717 g/mol. The van der Waals surface area contributed by atoms with Crippen molar-refractivity contribution < 1.29 is 38.3 Å². The normalized spacial score (nSPS) is 21.5. The SMILES string of the molecule is CC(C)C[C@H](CC(=O)[C@H](Cc1ccc(F)cc1)NC(=O)[C@@H]1CC=CC[C@H](N)C(=O)N[C@@H](CCCCN)C(=O)N[C@@H](CCCCN)C(=O)N1)C(=O)O. The maximum atomic E-state index is 13.9. The highest BCUT2D eigenvalue weighted by atomic mass is 19.1. The summed E-state index contributed by atoms with van der Waals surface area (Å²) in [5.74, 6) is -5.68. The van der Waals surface area contributed by atoms with Crippen LogP contribution in [0.15, 0.2) is 36.4 Å². The number of nitrogens with one attached hydrogen (secondary N) is 4. The minimum Gasteiger partial charge on any atom is -0.481 e. The minimum atomic E-state index is -1.23. The third-order valence-corrected chi connectivity index (χ3v) is 8.67. The molecule has 0 aliphatic carbocycles. The van der Waals surface area contributed by atoms with Crippen LogP contribution in [-0.4, -0.2) is 83.8 Å². The second-order valence-electron chi connectivity index (χ2n) is 13.5. The standard InChI is InChI=1S/C36H56FN7O7/c1-22(2)19-24(36(50)51)21-31(45)30(20-23-13-15-25(37)16-14-23)44-35(49)28-10-4-3-9-26(40)32(46)41-27(11-5-7-17-38)33(47)43-29(34(48)42-28)12-6-8-18-39/h3-4,13-16,22,24,26-30H,5-12,17-21,38-40H2,1-2H3,(H,41,46)(H,42,48)(H,43,47)(H,44,49)(H,50,51)/t24-,26+,27+,28+,29+,30+/m1/s1. The summed E-state index contributed by atoms with van der Waals surface area (Å²) in [6.45, 7) is 4.44. The van der Waals surface area contributed by atoms with Crippen molar-refractivity contribution in [2.45, 2.75) is 115 Å². The Morgan fingerprint density at radius 1 is 0.863 bits per heavy atom. The van der Waals surface area contributed by atoms with E-state index in [-0.39, 0.29) is 50.9 Å². The molecule has 0 radical (unpaired) electrons. The molecule has 1 aliphatic heterocycles. The lowest BCUT2D eigenvalue weighted by atomic mass is 9.89. The number of carbonyl (C=O) groups is 6. The highest BCUT2D eigenvalue weighted by Gasteiger charge is 2.33. The van der Waals surface area contributed by atoms with E-state index >= 15 is 0 Å². The van der Waals surface area contributed by atoms with Crippen molar-refractivity contribution in [1.82, 2.24) is 21.3 Å². The molecule has 1 heterocycles. The zero-order valence-electron chi connectivity index (χ0n) is 29.7. The van der Waals surface area contributed by atoms with Crippen molar-refractivity contribution in [1.29, 1.82) is 0 Å². The average molecular weight is 718 g/mol. The highest BCUT2D eigenvalue weighted by molar-refractivity contribution is 5.96. The molecule has 284 valence electrons. The van der Waals surface area contributed by atoms with Crippen LogP contribution in [-0.2, 0) is 35.2 Å². The van der Waals surface area contributed by atoms with Gasteiger partial charge in [0.25, 0.3) is 0 Å². The lowest BCUT2D eigenvalue weighted by Gasteiger charge is -2.27. The number of aliphatic carboxylic acids is 1. The van der Waals surface area contributed by atoms with Gasteiger partial charge in [-0.2, -0.15) is 0 Å². The molecule has 0 unspecified atom stereocenters. The van der Waals surface area contributed by atoms with Gasteiger partial charge < -0.3 is 43.6 Å². The molecule has 15 heteroatoms. The molecule has 0 saturated heterocycles. The van der Waals surface area contributed by atoms with E-state index in [2.05, 4.69) is 21.3 Å². The van der Waals surface area contributed by atoms with Crippen LogP contribution in [0.3, 0.4) is 0 Å². The number of unbranched alkanes of at least 4 members (excludes halogenated alkanes) is 2. The van der Waals surface area contributed by atoms with Gasteiger partial charge in [-0.3, -0.25) is 28.8 Å². The molecule has 2 rings (SSSR count). The van der Waals surface area contributed by atoms with Gasteiger partial charge in [-0.25, -0.2) is 4.39 Å². The first-order valence-electron chi connectivity index (χ1n) is 17.8. The van der Waals surface area contributed by atoms with Gasteiger partial charge in [-0.1, -0.05) is 38.1 Å². The zero-order valence-corrected chi connectivity index (χ0v) is 29.7. The largest absolute Gasteiger partial charge is 0.481 e. The number of Topliss-reactive ketones (excluding diaryl/α,β-unsaturated/α-hetero) is 1. The van der Waals surface area contributed by atoms with Gasteiger partial charge in [-0.05, 0) is 101 Å². The Labute approximate surface area is 299 Å². The fourth-order valence-electron chi connectivity index (χ4n) is 5.76. The number of benzene rings is 1. The van der Waals surface area contributed by atoms with Gasteiger partial charge in [0, 0.05) is 6.42 Å². The van der Waals surface area contributed by atoms with Crippen molar-refractivity contribution >= 4 is 35.4 Å². The van der Waals surface area contributed by atoms with Crippen LogP contribution in [0.4, 0.5) is 4.39 Å². The topological polar surface area (TPSA) is 249 Å². The summed E-state index contributed by atoms with van der Waals surface area (Å²) in [6, 6.07) is -0.126. The molecule has 1 aliphatic rings. The Kier molecular flexibility index (Phi) is 19.0. The zero-order chi connectivity index (χ0) is 37.9. The Hall–Kier alpha value is -4.21. The number of carboxylic acids is 1. The molecule has 0 aromatic heterocycles. The number of carboxylic acid groups (broad SMARTS) is 1. The quantitative estimate of drug-likeness (QED) is 0.0789. The number of ketones is 1. The van der Waals surface area contributed by atoms with E-state index in [4.69, 9.17) is 17.2 Å². The molecule has 4 amide bonds. The first kappa shape index (κ1) is 43.0. The number of halogens is 1. The summed E-state index contributed by atoms with van der Waals surface area (Å²) in [5, 5.41) is 20.6. The van der Waals surface area contributed by atoms with Crippen LogP contribution >= 0.6 is 0 Å². The first-order chi connectivity index (χ1) is 24.2. The number of carbonyl (C=O) groups excluding carboxylic acids is 5. The Morgan fingerprint density at radius 2 is 1.41 bits per heavy atom.